The Morgan fingerprint density at radius 1 is 1.36 bits per heavy atom. The molecule has 0 aliphatic rings. The maximum Gasteiger partial charge on any atom is 0.269 e. The van der Waals surface area contributed by atoms with Crippen molar-refractivity contribution in [3.05, 3.63) is 34.4 Å². The molecule has 0 radical (unpaired) electrons. The highest BCUT2D eigenvalue weighted by Gasteiger charge is 2.03. The van der Waals surface area contributed by atoms with Crippen molar-refractivity contribution in [2.24, 2.45) is 5.73 Å². The summed E-state index contributed by atoms with van der Waals surface area (Å²) < 4.78 is 5.14. The van der Waals surface area contributed by atoms with Crippen LogP contribution in [0.5, 0.6) is 5.75 Å². The summed E-state index contributed by atoms with van der Waals surface area (Å²) in [4.78, 5) is 9.82. The van der Waals surface area contributed by atoms with Crippen LogP contribution >= 0.6 is 12.4 Å². The van der Waals surface area contributed by atoms with Crippen LogP contribution in [0.3, 0.4) is 0 Å². The number of nitrogens with two attached hydrogens (primary N) is 1. The van der Waals surface area contributed by atoms with Gasteiger partial charge in [-0.15, -0.1) is 12.4 Å². The first kappa shape index (κ1) is 12.7. The Morgan fingerprint density at radius 3 is 2.36 bits per heavy atom. The molecule has 6 heteroatoms. The number of rotatable bonds is 4. The van der Waals surface area contributed by atoms with Crippen molar-refractivity contribution in [2.75, 3.05) is 13.2 Å². The second-order valence-corrected chi connectivity index (χ2v) is 2.39. The highest BCUT2D eigenvalue weighted by atomic mass is 35.5. The zero-order chi connectivity index (χ0) is 9.68. The second kappa shape index (κ2) is 6.17. The molecular formula is C8H11ClN2O3. The summed E-state index contributed by atoms with van der Waals surface area (Å²) in [6, 6.07) is 5.89. The van der Waals surface area contributed by atoms with Crippen LogP contribution in [0, 0.1) is 10.1 Å². The van der Waals surface area contributed by atoms with Gasteiger partial charge in [-0.05, 0) is 12.1 Å². The lowest BCUT2D eigenvalue weighted by Gasteiger charge is -2.02. The molecule has 0 spiro atoms. The van der Waals surface area contributed by atoms with Gasteiger partial charge in [0.15, 0.2) is 0 Å². The van der Waals surface area contributed by atoms with Crippen LogP contribution < -0.4 is 10.5 Å². The number of benzene rings is 1. The minimum atomic E-state index is -0.452. The molecule has 0 fully saturated rings. The SMILES string of the molecule is Cl.NCCOc1ccc([N+](=O)[O-])cc1. The molecule has 0 aliphatic carbocycles. The van der Waals surface area contributed by atoms with Gasteiger partial charge >= 0.3 is 0 Å². The summed E-state index contributed by atoms with van der Waals surface area (Å²) in [5, 5.41) is 10.3. The van der Waals surface area contributed by atoms with E-state index in [1.165, 1.54) is 12.1 Å². The van der Waals surface area contributed by atoms with E-state index in [0.29, 0.717) is 18.9 Å². The Hall–Kier alpha value is -1.33. The molecule has 0 unspecified atom stereocenters. The molecule has 2 N–H and O–H groups in total. The molecule has 0 aromatic heterocycles. The van der Waals surface area contributed by atoms with Gasteiger partial charge < -0.3 is 10.5 Å². The third-order valence-corrected chi connectivity index (χ3v) is 1.43. The Bertz CT molecular complexity index is 289. The lowest BCUT2D eigenvalue weighted by Crippen LogP contribution is -2.10. The number of halogens is 1. The van der Waals surface area contributed by atoms with Gasteiger partial charge in [-0.1, -0.05) is 0 Å². The number of hydrogen-bond acceptors (Lipinski definition) is 4. The summed E-state index contributed by atoms with van der Waals surface area (Å²) in [7, 11) is 0. The topological polar surface area (TPSA) is 78.4 Å². The first-order valence-corrected chi connectivity index (χ1v) is 3.81. The summed E-state index contributed by atoms with van der Waals surface area (Å²) in [6.07, 6.45) is 0. The van der Waals surface area contributed by atoms with Crippen molar-refractivity contribution in [3.63, 3.8) is 0 Å². The standard InChI is InChI=1S/C8H10N2O3.ClH/c9-5-6-13-8-3-1-7(2-4-8)10(11)12;/h1-4H,5-6,9H2;1H. The molecule has 0 heterocycles. The van der Waals surface area contributed by atoms with E-state index < -0.39 is 4.92 Å². The molecule has 14 heavy (non-hydrogen) atoms. The van der Waals surface area contributed by atoms with Gasteiger partial charge in [0.1, 0.15) is 12.4 Å². The van der Waals surface area contributed by atoms with Crippen molar-refractivity contribution in [1.29, 1.82) is 0 Å². The smallest absolute Gasteiger partial charge is 0.269 e. The van der Waals surface area contributed by atoms with Crippen molar-refractivity contribution in [1.82, 2.24) is 0 Å². The first-order chi connectivity index (χ1) is 6.24. The van der Waals surface area contributed by atoms with E-state index in [9.17, 15) is 10.1 Å². The van der Waals surface area contributed by atoms with Crippen LogP contribution in [0.15, 0.2) is 24.3 Å². The van der Waals surface area contributed by atoms with Crippen LogP contribution in [0.25, 0.3) is 0 Å². The van der Waals surface area contributed by atoms with Gasteiger partial charge in [0.25, 0.3) is 5.69 Å². The van der Waals surface area contributed by atoms with Crippen LogP contribution in [0.4, 0.5) is 5.69 Å². The zero-order valence-corrected chi connectivity index (χ0v) is 8.20. The van der Waals surface area contributed by atoms with E-state index >= 15 is 0 Å². The quantitative estimate of drug-likeness (QED) is 0.611. The number of nitro benzene ring substituents is 1. The van der Waals surface area contributed by atoms with Gasteiger partial charge in [-0.25, -0.2) is 0 Å². The molecule has 0 saturated carbocycles. The molecule has 1 aromatic carbocycles. The normalized spacial score (nSPS) is 8.93. The van der Waals surface area contributed by atoms with Crippen molar-refractivity contribution in [2.45, 2.75) is 0 Å². The van der Waals surface area contributed by atoms with E-state index in [0.717, 1.165) is 0 Å². The Morgan fingerprint density at radius 2 is 1.93 bits per heavy atom. The lowest BCUT2D eigenvalue weighted by atomic mass is 10.3. The molecule has 0 aliphatic heterocycles. The molecule has 0 amide bonds. The highest BCUT2D eigenvalue weighted by molar-refractivity contribution is 5.85. The minimum Gasteiger partial charge on any atom is -0.492 e. The second-order valence-electron chi connectivity index (χ2n) is 2.39. The number of nitro groups is 1. The summed E-state index contributed by atoms with van der Waals surface area (Å²) in [6.45, 7) is 0.842. The predicted molar refractivity (Wildman–Crippen MR) is 54.9 cm³/mol. The monoisotopic (exact) mass is 218 g/mol. The van der Waals surface area contributed by atoms with E-state index in [1.807, 2.05) is 0 Å². The minimum absolute atomic E-state index is 0. The van der Waals surface area contributed by atoms with E-state index in [4.69, 9.17) is 10.5 Å². The Kier molecular flexibility index (Phi) is 5.59. The van der Waals surface area contributed by atoms with E-state index in [2.05, 4.69) is 0 Å². The molecule has 1 aromatic rings. The predicted octanol–water partition coefficient (Wildman–Crippen LogP) is 1.35. The number of ether oxygens (including phenoxy) is 1. The van der Waals surface area contributed by atoms with Gasteiger partial charge in [-0.2, -0.15) is 0 Å². The van der Waals surface area contributed by atoms with Crippen molar-refractivity contribution in [3.8, 4) is 5.75 Å². The molecule has 0 bridgehead atoms. The fourth-order valence-electron chi connectivity index (χ4n) is 0.841. The maximum absolute atomic E-state index is 10.3. The van der Waals surface area contributed by atoms with Crippen molar-refractivity contribution >= 4 is 18.1 Å². The number of nitrogens with zero attached hydrogens (tertiary/aromatic N) is 1. The van der Waals surface area contributed by atoms with Crippen LogP contribution in [0.1, 0.15) is 0 Å². The van der Waals surface area contributed by atoms with Gasteiger partial charge in [0.2, 0.25) is 0 Å². The highest BCUT2D eigenvalue weighted by Crippen LogP contribution is 2.16. The summed E-state index contributed by atoms with van der Waals surface area (Å²) >= 11 is 0. The molecule has 0 atom stereocenters. The number of hydrogen-bond donors (Lipinski definition) is 1. The van der Waals surface area contributed by atoms with Gasteiger partial charge in [0, 0.05) is 18.7 Å². The summed E-state index contributed by atoms with van der Waals surface area (Å²) in [5.41, 5.74) is 5.28. The Balaban J connectivity index is 0.00000169. The van der Waals surface area contributed by atoms with Gasteiger partial charge in [-0.3, -0.25) is 10.1 Å². The molecule has 1 rings (SSSR count). The fourth-order valence-corrected chi connectivity index (χ4v) is 0.841. The maximum atomic E-state index is 10.3. The summed E-state index contributed by atoms with van der Waals surface area (Å²) in [5.74, 6) is 0.594. The molecule has 5 nitrogen and oxygen atoms in total. The molecule has 78 valence electrons. The van der Waals surface area contributed by atoms with Crippen LogP contribution in [-0.2, 0) is 0 Å². The Labute approximate surface area is 87.4 Å². The number of non-ortho nitro benzene ring substituents is 1. The van der Waals surface area contributed by atoms with Gasteiger partial charge in [0.05, 0.1) is 4.92 Å². The third kappa shape index (κ3) is 3.59. The van der Waals surface area contributed by atoms with Crippen LogP contribution in [0.2, 0.25) is 0 Å². The third-order valence-electron chi connectivity index (χ3n) is 1.43. The zero-order valence-electron chi connectivity index (χ0n) is 7.38. The first-order valence-electron chi connectivity index (χ1n) is 3.81. The fraction of sp³-hybridized carbons (Fsp3) is 0.250. The van der Waals surface area contributed by atoms with E-state index in [-0.39, 0.29) is 18.1 Å². The lowest BCUT2D eigenvalue weighted by molar-refractivity contribution is -0.384. The van der Waals surface area contributed by atoms with E-state index in [1.54, 1.807) is 12.1 Å². The molecular weight excluding hydrogens is 208 g/mol. The van der Waals surface area contributed by atoms with Crippen molar-refractivity contribution < 1.29 is 9.66 Å². The molecule has 0 saturated heterocycles. The van der Waals surface area contributed by atoms with Crippen LogP contribution in [-0.4, -0.2) is 18.1 Å². The average molecular weight is 219 g/mol. The largest absolute Gasteiger partial charge is 0.492 e. The average Bonchev–Trinajstić information content (AvgIpc) is 2.15.